The predicted molar refractivity (Wildman–Crippen MR) is 55.2 cm³/mol. The Kier molecular flexibility index (Phi) is 2.55. The van der Waals surface area contributed by atoms with E-state index in [1.54, 1.807) is 12.3 Å². The van der Waals surface area contributed by atoms with E-state index in [4.69, 9.17) is 16.9 Å². The topological polar surface area (TPSA) is 48.7 Å². The molecular weight excluding hydrogens is 198 g/mol. The number of pyridine rings is 1. The molecule has 0 spiro atoms. The molecule has 1 fully saturated rings. The third-order valence-corrected chi connectivity index (χ3v) is 2.84. The lowest BCUT2D eigenvalue weighted by molar-refractivity contribution is 0.444. The maximum absolute atomic E-state index is 8.76. The zero-order chi connectivity index (χ0) is 9.97. The van der Waals surface area contributed by atoms with Gasteiger partial charge in [-0.3, -0.25) is 0 Å². The van der Waals surface area contributed by atoms with Crippen LogP contribution in [0.3, 0.4) is 0 Å². The van der Waals surface area contributed by atoms with E-state index in [9.17, 15) is 0 Å². The number of rotatable bonds is 2. The minimum atomic E-state index is 0.432. The Morgan fingerprint density at radius 1 is 1.57 bits per heavy atom. The van der Waals surface area contributed by atoms with Crippen LogP contribution in [-0.2, 0) is 0 Å². The maximum Gasteiger partial charge on any atom is 0.146 e. The first-order chi connectivity index (χ1) is 6.81. The van der Waals surface area contributed by atoms with Gasteiger partial charge in [-0.2, -0.15) is 5.26 Å². The highest BCUT2D eigenvalue weighted by Crippen LogP contribution is 2.28. The largest absolute Gasteiger partial charge is 0.366 e. The van der Waals surface area contributed by atoms with Crippen LogP contribution in [0.4, 0.5) is 5.82 Å². The minimum absolute atomic E-state index is 0.432. The molecule has 3 nitrogen and oxygen atoms in total. The summed E-state index contributed by atoms with van der Waals surface area (Å²) in [6.45, 7) is 0. The molecule has 4 heteroatoms. The van der Waals surface area contributed by atoms with Crippen LogP contribution in [0.25, 0.3) is 0 Å². The van der Waals surface area contributed by atoms with Gasteiger partial charge in [-0.25, -0.2) is 4.98 Å². The van der Waals surface area contributed by atoms with E-state index >= 15 is 0 Å². The third-order valence-electron chi connectivity index (χ3n) is 2.46. The lowest BCUT2D eigenvalue weighted by Gasteiger charge is -2.27. The van der Waals surface area contributed by atoms with Gasteiger partial charge in [-0.05, 0) is 25.3 Å². The van der Waals surface area contributed by atoms with Gasteiger partial charge >= 0.3 is 0 Å². The number of aromatic nitrogens is 1. The van der Waals surface area contributed by atoms with E-state index in [0.717, 1.165) is 12.8 Å². The van der Waals surface area contributed by atoms with Crippen LogP contribution in [-0.4, -0.2) is 11.0 Å². The van der Waals surface area contributed by atoms with Crippen molar-refractivity contribution in [2.24, 2.45) is 0 Å². The summed E-state index contributed by atoms with van der Waals surface area (Å²) in [4.78, 5) is 4.11. The van der Waals surface area contributed by atoms with Crippen LogP contribution in [0.15, 0.2) is 12.3 Å². The molecule has 14 heavy (non-hydrogen) atoms. The van der Waals surface area contributed by atoms with Crippen LogP contribution in [0.2, 0.25) is 5.02 Å². The summed E-state index contributed by atoms with van der Waals surface area (Å²) >= 11 is 5.99. The molecule has 0 saturated heterocycles. The predicted octanol–water partition coefficient (Wildman–Crippen LogP) is 2.57. The molecule has 1 aromatic rings. The number of hydrogen-bond acceptors (Lipinski definition) is 3. The standard InChI is InChI=1S/C10H10ClN3/c11-9-7(6-12)4-5-13-10(9)14-8-2-1-3-8/h4-5,8H,1-3H2,(H,13,14). The van der Waals surface area contributed by atoms with Crippen molar-refractivity contribution in [3.63, 3.8) is 0 Å². The van der Waals surface area contributed by atoms with Crippen molar-refractivity contribution in [1.82, 2.24) is 4.98 Å². The summed E-state index contributed by atoms with van der Waals surface area (Å²) in [5.41, 5.74) is 0.475. The molecule has 1 heterocycles. The fourth-order valence-corrected chi connectivity index (χ4v) is 1.59. The lowest BCUT2D eigenvalue weighted by atomic mass is 9.93. The van der Waals surface area contributed by atoms with Crippen molar-refractivity contribution in [2.75, 3.05) is 5.32 Å². The number of halogens is 1. The first kappa shape index (κ1) is 9.29. The lowest BCUT2D eigenvalue weighted by Crippen LogP contribution is -2.27. The molecular formula is C10H10ClN3. The third kappa shape index (κ3) is 1.66. The average molecular weight is 208 g/mol. The van der Waals surface area contributed by atoms with Gasteiger partial charge in [0.2, 0.25) is 0 Å². The molecule has 1 N–H and O–H groups in total. The Labute approximate surface area is 87.7 Å². The number of anilines is 1. The van der Waals surface area contributed by atoms with E-state index in [1.165, 1.54) is 6.42 Å². The second-order valence-corrected chi connectivity index (χ2v) is 3.78. The van der Waals surface area contributed by atoms with Gasteiger partial charge in [0.25, 0.3) is 0 Å². The van der Waals surface area contributed by atoms with Crippen molar-refractivity contribution in [3.05, 3.63) is 22.8 Å². The van der Waals surface area contributed by atoms with E-state index in [2.05, 4.69) is 10.3 Å². The number of hydrogen-bond donors (Lipinski definition) is 1. The summed E-state index contributed by atoms with van der Waals surface area (Å²) < 4.78 is 0. The van der Waals surface area contributed by atoms with Crippen molar-refractivity contribution in [2.45, 2.75) is 25.3 Å². The van der Waals surface area contributed by atoms with Crippen LogP contribution >= 0.6 is 11.6 Å². The Morgan fingerprint density at radius 2 is 2.36 bits per heavy atom. The smallest absolute Gasteiger partial charge is 0.146 e. The number of nitrogens with zero attached hydrogens (tertiary/aromatic N) is 2. The van der Waals surface area contributed by atoms with Crippen LogP contribution < -0.4 is 5.32 Å². The van der Waals surface area contributed by atoms with Gasteiger partial charge < -0.3 is 5.32 Å². The number of nitriles is 1. The van der Waals surface area contributed by atoms with E-state index in [-0.39, 0.29) is 0 Å². The summed E-state index contributed by atoms with van der Waals surface area (Å²) in [5, 5.41) is 12.4. The van der Waals surface area contributed by atoms with Crippen molar-refractivity contribution >= 4 is 17.4 Å². The van der Waals surface area contributed by atoms with Gasteiger partial charge in [0.15, 0.2) is 0 Å². The summed E-state index contributed by atoms with van der Waals surface area (Å²) in [5.74, 6) is 0.635. The Hall–Kier alpha value is -1.27. The molecule has 0 atom stereocenters. The van der Waals surface area contributed by atoms with Crippen LogP contribution in [0, 0.1) is 11.3 Å². The Morgan fingerprint density at radius 3 is 2.93 bits per heavy atom. The average Bonchev–Trinajstić information content (AvgIpc) is 2.13. The molecule has 0 aliphatic heterocycles. The normalized spacial score (nSPS) is 15.7. The molecule has 1 aliphatic carbocycles. The fraction of sp³-hybridized carbons (Fsp3) is 0.400. The minimum Gasteiger partial charge on any atom is -0.366 e. The van der Waals surface area contributed by atoms with Crippen molar-refractivity contribution < 1.29 is 0 Å². The van der Waals surface area contributed by atoms with Crippen LogP contribution in [0.1, 0.15) is 24.8 Å². The summed E-state index contributed by atoms with van der Waals surface area (Å²) in [6.07, 6.45) is 5.18. The van der Waals surface area contributed by atoms with Crippen molar-refractivity contribution in [1.29, 1.82) is 5.26 Å². The van der Waals surface area contributed by atoms with E-state index < -0.39 is 0 Å². The SMILES string of the molecule is N#Cc1ccnc(NC2CCC2)c1Cl. The second kappa shape index (κ2) is 3.85. The van der Waals surface area contributed by atoms with Gasteiger partial charge in [-0.1, -0.05) is 11.6 Å². The highest BCUT2D eigenvalue weighted by molar-refractivity contribution is 6.34. The quantitative estimate of drug-likeness (QED) is 0.811. The molecule has 2 rings (SSSR count). The Balaban J connectivity index is 2.20. The van der Waals surface area contributed by atoms with Gasteiger partial charge in [-0.15, -0.1) is 0 Å². The van der Waals surface area contributed by atoms with Gasteiger partial charge in [0.05, 0.1) is 5.56 Å². The first-order valence-corrected chi connectivity index (χ1v) is 5.00. The second-order valence-electron chi connectivity index (χ2n) is 3.41. The van der Waals surface area contributed by atoms with Crippen molar-refractivity contribution in [3.8, 4) is 6.07 Å². The van der Waals surface area contributed by atoms with Crippen LogP contribution in [0.5, 0.6) is 0 Å². The molecule has 0 radical (unpaired) electrons. The number of nitrogens with one attached hydrogen (secondary N) is 1. The van der Waals surface area contributed by atoms with Gasteiger partial charge in [0, 0.05) is 12.2 Å². The molecule has 0 bridgehead atoms. The molecule has 1 aliphatic rings. The summed E-state index contributed by atoms with van der Waals surface area (Å²) in [7, 11) is 0. The zero-order valence-electron chi connectivity index (χ0n) is 7.63. The first-order valence-electron chi connectivity index (χ1n) is 4.62. The Bertz CT molecular complexity index is 379. The monoisotopic (exact) mass is 207 g/mol. The summed E-state index contributed by atoms with van der Waals surface area (Å²) in [6, 6.07) is 4.13. The van der Waals surface area contributed by atoms with Gasteiger partial charge in [0.1, 0.15) is 16.9 Å². The zero-order valence-corrected chi connectivity index (χ0v) is 8.38. The molecule has 1 saturated carbocycles. The van der Waals surface area contributed by atoms with E-state index in [1.807, 2.05) is 6.07 Å². The maximum atomic E-state index is 8.76. The molecule has 0 unspecified atom stereocenters. The molecule has 1 aromatic heterocycles. The highest BCUT2D eigenvalue weighted by Gasteiger charge is 2.19. The highest BCUT2D eigenvalue weighted by atomic mass is 35.5. The molecule has 0 amide bonds. The molecule has 72 valence electrons. The molecule has 0 aromatic carbocycles. The fourth-order valence-electron chi connectivity index (χ4n) is 1.38. The van der Waals surface area contributed by atoms with E-state index in [0.29, 0.717) is 22.4 Å².